The summed E-state index contributed by atoms with van der Waals surface area (Å²) in [5.74, 6) is 0. The van der Waals surface area contributed by atoms with Gasteiger partial charge in [0, 0.05) is 2.74 Å². The van der Waals surface area contributed by atoms with Crippen LogP contribution in [0.15, 0.2) is 0 Å². The van der Waals surface area contributed by atoms with Crippen LogP contribution in [-0.2, 0) is 0 Å². The highest BCUT2D eigenvalue weighted by molar-refractivity contribution is 4.61. The number of hydrogen-bond donors (Lipinski definition) is 1. The van der Waals surface area contributed by atoms with E-state index in [-0.39, 0.29) is 5.41 Å². The molecule has 0 rings (SSSR count). The Balaban J connectivity index is 4.14. The standard InChI is InChI=1S/C6H15N/c1-6(2,3)5-7-4/h7H,5H2,1-4H3/i5D2. The first kappa shape index (κ1) is 3.90. The zero-order valence-electron chi connectivity index (χ0n) is 7.50. The van der Waals surface area contributed by atoms with E-state index in [0.29, 0.717) is 0 Å². The lowest BCUT2D eigenvalue weighted by atomic mass is 9.97. The summed E-state index contributed by atoms with van der Waals surface area (Å²) >= 11 is 0. The molecule has 0 fully saturated rings. The van der Waals surface area contributed by atoms with Crippen molar-refractivity contribution in [1.82, 2.24) is 5.32 Å². The summed E-state index contributed by atoms with van der Waals surface area (Å²) in [5, 5.41) is 2.61. The van der Waals surface area contributed by atoms with Crippen molar-refractivity contribution in [3.05, 3.63) is 0 Å². The number of rotatable bonds is 1. The molecule has 7 heavy (non-hydrogen) atoms. The molecule has 0 aromatic rings. The van der Waals surface area contributed by atoms with Gasteiger partial charge in [-0.1, -0.05) is 20.8 Å². The lowest BCUT2D eigenvalue weighted by Gasteiger charge is -2.16. The van der Waals surface area contributed by atoms with Crippen molar-refractivity contribution in [2.24, 2.45) is 5.41 Å². The van der Waals surface area contributed by atoms with Crippen molar-refractivity contribution in [3.63, 3.8) is 0 Å². The minimum absolute atomic E-state index is 0.332. The fraction of sp³-hybridized carbons (Fsp3) is 1.00. The molecule has 0 aliphatic rings. The molecule has 0 radical (unpaired) electrons. The molecule has 0 saturated heterocycles. The molecular formula is C6H15N. The highest BCUT2D eigenvalue weighted by Gasteiger charge is 2.05. The van der Waals surface area contributed by atoms with E-state index in [1.54, 1.807) is 7.05 Å². The summed E-state index contributed by atoms with van der Waals surface area (Å²) in [5.41, 5.74) is -0.332. The van der Waals surface area contributed by atoms with Gasteiger partial charge in [-0.25, -0.2) is 0 Å². The molecule has 0 bridgehead atoms. The highest BCUT2D eigenvalue weighted by atomic mass is 14.8. The molecule has 44 valence electrons. The van der Waals surface area contributed by atoms with E-state index < -0.39 is 6.50 Å². The smallest absolute Gasteiger partial charge is 0.0433 e. The van der Waals surface area contributed by atoms with Gasteiger partial charge in [0.2, 0.25) is 0 Å². The van der Waals surface area contributed by atoms with E-state index in [9.17, 15) is 0 Å². The first-order valence-electron chi connectivity index (χ1n) is 3.50. The molecule has 1 heteroatoms. The minimum atomic E-state index is -1.27. The largest absolute Gasteiger partial charge is 0.319 e. The van der Waals surface area contributed by atoms with Gasteiger partial charge in [0.15, 0.2) is 0 Å². The van der Waals surface area contributed by atoms with E-state index >= 15 is 0 Å². The molecule has 0 unspecified atom stereocenters. The molecule has 0 aliphatic carbocycles. The Labute approximate surface area is 48.9 Å². The third-order valence-electron chi connectivity index (χ3n) is 0.500. The van der Waals surface area contributed by atoms with Crippen LogP contribution < -0.4 is 5.32 Å². The second kappa shape index (κ2) is 2.31. The average molecular weight is 103 g/mol. The first-order chi connectivity index (χ1) is 3.81. The van der Waals surface area contributed by atoms with E-state index in [2.05, 4.69) is 5.32 Å². The molecule has 0 heterocycles. The summed E-state index contributed by atoms with van der Waals surface area (Å²) in [6.45, 7) is 4.32. The van der Waals surface area contributed by atoms with Crippen LogP contribution in [0, 0.1) is 5.41 Å². The molecule has 0 spiro atoms. The first-order valence-corrected chi connectivity index (χ1v) is 2.50. The quantitative estimate of drug-likeness (QED) is 0.526. The number of hydrogen-bond acceptors (Lipinski definition) is 1. The second-order valence-electron chi connectivity index (χ2n) is 2.62. The van der Waals surface area contributed by atoms with Crippen LogP contribution in [0.5, 0.6) is 0 Å². The summed E-state index contributed by atoms with van der Waals surface area (Å²) < 4.78 is 14.8. The predicted molar refractivity (Wildman–Crippen MR) is 33.4 cm³/mol. The van der Waals surface area contributed by atoms with Crippen molar-refractivity contribution in [2.45, 2.75) is 20.8 Å². The fourth-order valence-electron chi connectivity index (χ4n) is 0.375. The van der Waals surface area contributed by atoms with Crippen LogP contribution in [0.1, 0.15) is 23.5 Å². The van der Waals surface area contributed by atoms with Crippen molar-refractivity contribution in [3.8, 4) is 0 Å². The topological polar surface area (TPSA) is 12.0 Å². The summed E-state index contributed by atoms with van der Waals surface area (Å²) in [4.78, 5) is 0. The SMILES string of the molecule is [2H]C([2H])(NC)C(C)(C)C. The summed E-state index contributed by atoms with van der Waals surface area (Å²) in [7, 11) is 1.63. The minimum Gasteiger partial charge on any atom is -0.319 e. The van der Waals surface area contributed by atoms with Crippen LogP contribution >= 0.6 is 0 Å². The van der Waals surface area contributed by atoms with Gasteiger partial charge < -0.3 is 5.32 Å². The van der Waals surface area contributed by atoms with Crippen molar-refractivity contribution in [2.75, 3.05) is 13.5 Å². The molecule has 1 N–H and O–H groups in total. The summed E-state index contributed by atoms with van der Waals surface area (Å²) in [6, 6.07) is 0. The van der Waals surface area contributed by atoms with Crippen LogP contribution in [0.2, 0.25) is 0 Å². The Bertz CT molecular complexity index is 93.7. The van der Waals surface area contributed by atoms with Gasteiger partial charge in [-0.15, -0.1) is 0 Å². The van der Waals surface area contributed by atoms with Gasteiger partial charge in [0.1, 0.15) is 0 Å². The van der Waals surface area contributed by atoms with Gasteiger partial charge in [-0.05, 0) is 19.0 Å². The molecule has 0 aromatic heterocycles. The maximum Gasteiger partial charge on any atom is 0.0433 e. The average Bonchev–Trinajstić information content (AvgIpc) is 1.64. The maximum absolute atomic E-state index is 7.38. The van der Waals surface area contributed by atoms with Crippen LogP contribution in [-0.4, -0.2) is 13.5 Å². The monoisotopic (exact) mass is 103 g/mol. The van der Waals surface area contributed by atoms with Gasteiger partial charge >= 0.3 is 0 Å². The van der Waals surface area contributed by atoms with Crippen LogP contribution in [0.4, 0.5) is 0 Å². The molecule has 0 aromatic carbocycles. The van der Waals surface area contributed by atoms with Gasteiger partial charge in [0.25, 0.3) is 0 Å². The van der Waals surface area contributed by atoms with Gasteiger partial charge in [0.05, 0.1) is 0 Å². The molecule has 0 amide bonds. The number of nitrogens with one attached hydrogen (secondary N) is 1. The van der Waals surface area contributed by atoms with Gasteiger partial charge in [-0.3, -0.25) is 0 Å². The third kappa shape index (κ3) is 5.96. The molecule has 0 saturated carbocycles. The Morgan fingerprint density at radius 1 is 1.57 bits per heavy atom. The Morgan fingerprint density at radius 2 is 2.00 bits per heavy atom. The second-order valence-corrected chi connectivity index (χ2v) is 2.62. The normalized spacial score (nSPS) is 18.3. The Morgan fingerprint density at radius 3 is 2.00 bits per heavy atom. The molecule has 1 nitrogen and oxygen atoms in total. The zero-order valence-corrected chi connectivity index (χ0v) is 5.50. The van der Waals surface area contributed by atoms with Crippen LogP contribution in [0.3, 0.4) is 0 Å². The van der Waals surface area contributed by atoms with Crippen molar-refractivity contribution < 1.29 is 2.74 Å². The molecule has 0 atom stereocenters. The maximum atomic E-state index is 7.38. The Hall–Kier alpha value is -0.0400. The fourth-order valence-corrected chi connectivity index (χ4v) is 0.375. The highest BCUT2D eigenvalue weighted by Crippen LogP contribution is 2.09. The lowest BCUT2D eigenvalue weighted by Crippen LogP contribution is -2.22. The van der Waals surface area contributed by atoms with E-state index in [0.717, 1.165) is 0 Å². The zero-order chi connectivity index (χ0) is 7.71. The molecular weight excluding hydrogens is 86.1 g/mol. The van der Waals surface area contributed by atoms with Crippen molar-refractivity contribution >= 4 is 0 Å². The van der Waals surface area contributed by atoms with E-state index in [1.807, 2.05) is 20.8 Å². The van der Waals surface area contributed by atoms with Gasteiger partial charge in [-0.2, -0.15) is 0 Å². The predicted octanol–water partition coefficient (Wildman–Crippen LogP) is 1.25. The van der Waals surface area contributed by atoms with E-state index in [4.69, 9.17) is 2.74 Å². The molecule has 0 aliphatic heterocycles. The third-order valence-corrected chi connectivity index (χ3v) is 0.500. The van der Waals surface area contributed by atoms with Crippen LogP contribution in [0.25, 0.3) is 0 Å². The lowest BCUT2D eigenvalue weighted by molar-refractivity contribution is 0.395. The summed E-state index contributed by atoms with van der Waals surface area (Å²) in [6.07, 6.45) is 0. The Kier molecular flexibility index (Phi) is 1.29. The van der Waals surface area contributed by atoms with E-state index in [1.165, 1.54) is 0 Å². The van der Waals surface area contributed by atoms with Crippen molar-refractivity contribution in [1.29, 1.82) is 0 Å².